The summed E-state index contributed by atoms with van der Waals surface area (Å²) in [7, 11) is -2.29. The molecule has 1 atom stereocenters. The van der Waals surface area contributed by atoms with Gasteiger partial charge in [-0.1, -0.05) is 11.6 Å². The highest BCUT2D eigenvalue weighted by Crippen LogP contribution is 2.34. The standard InChI is InChI=1S/C20H21ClN2O5S2/c1-12(9-20(25)22-13-3-5-17(28-2)15(21)10-13)30(26,27)14-4-6-18-16(11-14)23-19(24)7-8-29-18/h3-6,10-12H,7-9H2,1-2H3,(H,22,25)(H,23,24)/t12-/m0/s1. The molecular weight excluding hydrogens is 448 g/mol. The van der Waals surface area contributed by atoms with Gasteiger partial charge in [-0.15, -0.1) is 11.8 Å². The summed E-state index contributed by atoms with van der Waals surface area (Å²) in [4.78, 5) is 25.0. The van der Waals surface area contributed by atoms with E-state index in [2.05, 4.69) is 10.6 Å². The van der Waals surface area contributed by atoms with Crippen LogP contribution < -0.4 is 15.4 Å². The normalized spacial score (nSPS) is 14.8. The molecule has 30 heavy (non-hydrogen) atoms. The average Bonchev–Trinajstić information content (AvgIpc) is 2.87. The number of rotatable bonds is 6. The van der Waals surface area contributed by atoms with Gasteiger partial charge in [-0.25, -0.2) is 8.42 Å². The van der Waals surface area contributed by atoms with Crippen LogP contribution in [0.15, 0.2) is 46.2 Å². The number of carbonyl (C=O) groups is 2. The van der Waals surface area contributed by atoms with Gasteiger partial charge in [0.2, 0.25) is 11.8 Å². The Kier molecular flexibility index (Phi) is 6.95. The van der Waals surface area contributed by atoms with E-state index in [0.717, 1.165) is 4.90 Å². The van der Waals surface area contributed by atoms with Gasteiger partial charge in [0, 0.05) is 29.2 Å². The number of benzene rings is 2. The van der Waals surface area contributed by atoms with Crippen molar-refractivity contribution in [3.05, 3.63) is 41.4 Å². The number of methoxy groups -OCH3 is 1. The maximum atomic E-state index is 13.0. The van der Waals surface area contributed by atoms with Crippen molar-refractivity contribution in [2.24, 2.45) is 0 Å². The minimum Gasteiger partial charge on any atom is -0.495 e. The van der Waals surface area contributed by atoms with Crippen LogP contribution in [-0.2, 0) is 19.4 Å². The number of sulfone groups is 1. The van der Waals surface area contributed by atoms with Crippen molar-refractivity contribution in [3.63, 3.8) is 0 Å². The highest BCUT2D eigenvalue weighted by atomic mass is 35.5. The van der Waals surface area contributed by atoms with E-state index in [1.807, 2.05) is 0 Å². The van der Waals surface area contributed by atoms with Crippen molar-refractivity contribution >= 4 is 56.4 Å². The van der Waals surface area contributed by atoms with Crippen molar-refractivity contribution in [3.8, 4) is 5.75 Å². The zero-order chi connectivity index (χ0) is 21.9. The van der Waals surface area contributed by atoms with E-state index in [-0.39, 0.29) is 17.2 Å². The Labute approximate surface area is 184 Å². The summed E-state index contributed by atoms with van der Waals surface area (Å²) < 4.78 is 31.0. The molecule has 0 unspecified atom stereocenters. The summed E-state index contributed by atoms with van der Waals surface area (Å²) in [6, 6.07) is 9.42. The Morgan fingerprint density at radius 2 is 2.07 bits per heavy atom. The first kappa shape index (κ1) is 22.5. The third kappa shape index (κ3) is 5.08. The molecule has 0 aliphatic carbocycles. The summed E-state index contributed by atoms with van der Waals surface area (Å²) in [5.74, 6) is 0.503. The average molecular weight is 469 g/mol. The van der Waals surface area contributed by atoms with Gasteiger partial charge in [-0.05, 0) is 43.3 Å². The van der Waals surface area contributed by atoms with E-state index in [0.29, 0.717) is 34.3 Å². The van der Waals surface area contributed by atoms with Gasteiger partial charge >= 0.3 is 0 Å². The van der Waals surface area contributed by atoms with E-state index >= 15 is 0 Å². The predicted octanol–water partition coefficient (Wildman–Crippen LogP) is 3.97. The van der Waals surface area contributed by atoms with Crippen LogP contribution in [0.3, 0.4) is 0 Å². The fourth-order valence-corrected chi connectivity index (χ4v) is 5.51. The maximum absolute atomic E-state index is 13.0. The largest absolute Gasteiger partial charge is 0.495 e. The molecule has 0 saturated heterocycles. The first-order valence-electron chi connectivity index (χ1n) is 9.14. The quantitative estimate of drug-likeness (QED) is 0.665. The van der Waals surface area contributed by atoms with Crippen LogP contribution in [0, 0.1) is 0 Å². The Bertz CT molecular complexity index is 1090. The van der Waals surface area contributed by atoms with E-state index in [4.69, 9.17) is 16.3 Å². The van der Waals surface area contributed by atoms with Crippen LogP contribution in [0.5, 0.6) is 5.75 Å². The highest BCUT2D eigenvalue weighted by molar-refractivity contribution is 7.99. The lowest BCUT2D eigenvalue weighted by Gasteiger charge is -2.15. The number of nitrogens with one attached hydrogen (secondary N) is 2. The van der Waals surface area contributed by atoms with Crippen LogP contribution >= 0.6 is 23.4 Å². The van der Waals surface area contributed by atoms with Crippen LogP contribution in [0.4, 0.5) is 11.4 Å². The van der Waals surface area contributed by atoms with E-state index in [9.17, 15) is 18.0 Å². The number of ether oxygens (including phenoxy) is 1. The summed E-state index contributed by atoms with van der Waals surface area (Å²) in [5.41, 5.74) is 0.924. The van der Waals surface area contributed by atoms with Gasteiger partial charge in [0.25, 0.3) is 0 Å². The van der Waals surface area contributed by atoms with Crippen molar-refractivity contribution in [1.82, 2.24) is 0 Å². The molecule has 160 valence electrons. The molecule has 2 aromatic carbocycles. The number of fused-ring (bicyclic) bond motifs is 1. The predicted molar refractivity (Wildman–Crippen MR) is 118 cm³/mol. The van der Waals surface area contributed by atoms with Crippen LogP contribution in [0.25, 0.3) is 0 Å². The van der Waals surface area contributed by atoms with E-state index in [1.54, 1.807) is 18.2 Å². The van der Waals surface area contributed by atoms with Gasteiger partial charge in [-0.2, -0.15) is 0 Å². The second kappa shape index (κ2) is 9.28. The molecule has 1 heterocycles. The number of thioether (sulfide) groups is 1. The number of amides is 2. The Morgan fingerprint density at radius 1 is 1.30 bits per heavy atom. The molecule has 0 bridgehead atoms. The highest BCUT2D eigenvalue weighted by Gasteiger charge is 2.27. The van der Waals surface area contributed by atoms with Gasteiger partial charge in [0.15, 0.2) is 9.84 Å². The Hall–Kier alpha value is -2.23. The smallest absolute Gasteiger partial charge is 0.225 e. The molecule has 0 saturated carbocycles. The summed E-state index contributed by atoms with van der Waals surface area (Å²) in [6.07, 6.45) is 0.136. The molecule has 3 rings (SSSR count). The van der Waals surface area contributed by atoms with Crippen molar-refractivity contribution in [2.75, 3.05) is 23.5 Å². The molecule has 2 N–H and O–H groups in total. The molecule has 2 amide bonds. The SMILES string of the molecule is COc1ccc(NC(=O)C[C@H](C)S(=O)(=O)c2ccc3c(c2)NC(=O)CCS3)cc1Cl. The summed E-state index contributed by atoms with van der Waals surface area (Å²) in [6.45, 7) is 1.48. The lowest BCUT2D eigenvalue weighted by molar-refractivity contribution is -0.116. The topological polar surface area (TPSA) is 102 Å². The van der Waals surface area contributed by atoms with Crippen LogP contribution in [-0.4, -0.2) is 38.3 Å². The number of anilines is 2. The summed E-state index contributed by atoms with van der Waals surface area (Å²) in [5, 5.41) is 4.76. The van der Waals surface area contributed by atoms with E-state index < -0.39 is 21.0 Å². The number of carbonyl (C=O) groups excluding carboxylic acids is 2. The molecule has 10 heteroatoms. The molecule has 0 aromatic heterocycles. The van der Waals surface area contributed by atoms with E-state index in [1.165, 1.54) is 44.0 Å². The molecule has 1 aliphatic rings. The maximum Gasteiger partial charge on any atom is 0.225 e. The first-order valence-corrected chi connectivity index (χ1v) is 12.1. The van der Waals surface area contributed by atoms with Gasteiger partial charge in [0.1, 0.15) is 5.75 Å². The second-order valence-corrected chi connectivity index (χ2v) is 10.7. The Balaban J connectivity index is 1.72. The van der Waals surface area contributed by atoms with Crippen molar-refractivity contribution < 1.29 is 22.7 Å². The lowest BCUT2D eigenvalue weighted by atomic mass is 10.2. The minimum absolute atomic E-state index is 0.0665. The molecule has 7 nitrogen and oxygen atoms in total. The monoisotopic (exact) mass is 468 g/mol. The van der Waals surface area contributed by atoms with Crippen molar-refractivity contribution in [1.29, 1.82) is 0 Å². The third-order valence-corrected chi connectivity index (χ3v) is 8.09. The molecule has 1 aliphatic heterocycles. The first-order chi connectivity index (χ1) is 14.2. The molecule has 0 fully saturated rings. The van der Waals surface area contributed by atoms with Gasteiger partial charge in [0.05, 0.1) is 28.0 Å². The molecule has 0 spiro atoms. The molecular formula is C20H21ClN2O5S2. The minimum atomic E-state index is -3.78. The van der Waals surface area contributed by atoms with Crippen LogP contribution in [0.1, 0.15) is 19.8 Å². The number of halogens is 1. The lowest BCUT2D eigenvalue weighted by Crippen LogP contribution is -2.25. The zero-order valence-corrected chi connectivity index (χ0v) is 18.8. The number of hydrogen-bond donors (Lipinski definition) is 2. The molecule has 0 radical (unpaired) electrons. The number of hydrogen-bond acceptors (Lipinski definition) is 6. The van der Waals surface area contributed by atoms with Gasteiger partial charge < -0.3 is 15.4 Å². The fourth-order valence-electron chi connectivity index (χ4n) is 2.94. The van der Waals surface area contributed by atoms with Crippen LogP contribution in [0.2, 0.25) is 5.02 Å². The van der Waals surface area contributed by atoms with Gasteiger partial charge in [-0.3, -0.25) is 9.59 Å². The zero-order valence-electron chi connectivity index (χ0n) is 16.4. The third-order valence-electron chi connectivity index (χ3n) is 4.58. The van der Waals surface area contributed by atoms with Crippen molar-refractivity contribution in [2.45, 2.75) is 34.8 Å². The summed E-state index contributed by atoms with van der Waals surface area (Å²) >= 11 is 7.54. The fraction of sp³-hybridized carbons (Fsp3) is 0.300. The molecule has 2 aromatic rings. The Morgan fingerprint density at radius 3 is 2.77 bits per heavy atom. The second-order valence-electron chi connectivity index (χ2n) is 6.76.